The minimum Gasteiger partial charge on any atom is -0.293 e. The molecule has 0 radical (unpaired) electrons. The molecule has 1 aliphatic carbocycles. The monoisotopic (exact) mass is 322 g/mol. The molecular formula is C9H8Br2OS. The Morgan fingerprint density at radius 3 is 2.62 bits per heavy atom. The van der Waals surface area contributed by atoms with E-state index in [4.69, 9.17) is 0 Å². The van der Waals surface area contributed by atoms with E-state index in [2.05, 4.69) is 38.8 Å². The zero-order valence-corrected chi connectivity index (χ0v) is 11.0. The Morgan fingerprint density at radius 2 is 2.23 bits per heavy atom. The van der Waals surface area contributed by atoms with E-state index in [9.17, 15) is 4.79 Å². The lowest BCUT2D eigenvalue weighted by atomic mass is 10.2. The number of Topliss-reactive ketones (excluding diaryl/α,β-unsaturated/α-hetero) is 1. The van der Waals surface area contributed by atoms with Crippen LogP contribution in [-0.2, 0) is 0 Å². The van der Waals surface area contributed by atoms with Gasteiger partial charge < -0.3 is 0 Å². The van der Waals surface area contributed by atoms with Crippen molar-refractivity contribution in [2.24, 2.45) is 11.8 Å². The highest BCUT2D eigenvalue weighted by atomic mass is 79.9. The molecule has 2 unspecified atom stereocenters. The molecule has 13 heavy (non-hydrogen) atoms. The van der Waals surface area contributed by atoms with Gasteiger partial charge in [-0.1, -0.05) is 6.92 Å². The van der Waals surface area contributed by atoms with Crippen molar-refractivity contribution in [3.05, 3.63) is 19.2 Å². The van der Waals surface area contributed by atoms with E-state index in [1.165, 1.54) is 11.3 Å². The Kier molecular flexibility index (Phi) is 2.64. The molecule has 2 rings (SSSR count). The van der Waals surface area contributed by atoms with Crippen LogP contribution in [0.4, 0.5) is 0 Å². The van der Waals surface area contributed by atoms with Gasteiger partial charge in [0.25, 0.3) is 0 Å². The largest absolute Gasteiger partial charge is 0.293 e. The lowest BCUT2D eigenvalue weighted by Gasteiger charge is -1.95. The summed E-state index contributed by atoms with van der Waals surface area (Å²) in [4.78, 5) is 12.7. The number of carbonyl (C=O) groups is 1. The van der Waals surface area contributed by atoms with Gasteiger partial charge in [0.05, 0.1) is 9.35 Å². The summed E-state index contributed by atoms with van der Waals surface area (Å²) in [5, 5.41) is 1.95. The first-order valence-electron chi connectivity index (χ1n) is 4.08. The quantitative estimate of drug-likeness (QED) is 0.748. The second kappa shape index (κ2) is 3.48. The van der Waals surface area contributed by atoms with Crippen LogP contribution in [0.1, 0.15) is 23.0 Å². The fourth-order valence-electron chi connectivity index (χ4n) is 1.34. The average molecular weight is 324 g/mol. The lowest BCUT2D eigenvalue weighted by Crippen LogP contribution is -2.00. The molecule has 0 spiro atoms. The van der Waals surface area contributed by atoms with Gasteiger partial charge in [-0.15, -0.1) is 11.3 Å². The van der Waals surface area contributed by atoms with Crippen molar-refractivity contribution in [1.29, 1.82) is 0 Å². The van der Waals surface area contributed by atoms with Crippen molar-refractivity contribution < 1.29 is 4.79 Å². The molecule has 0 amide bonds. The highest BCUT2D eigenvalue weighted by Crippen LogP contribution is 2.44. The van der Waals surface area contributed by atoms with Crippen LogP contribution in [0.25, 0.3) is 0 Å². The Balaban J connectivity index is 2.25. The van der Waals surface area contributed by atoms with Crippen LogP contribution in [0.3, 0.4) is 0 Å². The number of ketones is 1. The van der Waals surface area contributed by atoms with E-state index in [1.807, 2.05) is 5.38 Å². The van der Waals surface area contributed by atoms with Crippen LogP contribution in [0.15, 0.2) is 14.3 Å². The van der Waals surface area contributed by atoms with E-state index in [1.54, 1.807) is 0 Å². The number of halogens is 2. The van der Waals surface area contributed by atoms with Gasteiger partial charge in [0.1, 0.15) is 0 Å². The van der Waals surface area contributed by atoms with Gasteiger partial charge >= 0.3 is 0 Å². The van der Waals surface area contributed by atoms with Crippen molar-refractivity contribution in [1.82, 2.24) is 0 Å². The maximum Gasteiger partial charge on any atom is 0.177 e. The molecule has 0 saturated heterocycles. The predicted molar refractivity (Wildman–Crippen MR) is 61.3 cm³/mol. The summed E-state index contributed by atoms with van der Waals surface area (Å²) in [6.45, 7) is 2.12. The van der Waals surface area contributed by atoms with Gasteiger partial charge in [-0.05, 0) is 44.2 Å². The highest BCUT2D eigenvalue weighted by Gasteiger charge is 2.40. The first-order valence-corrected chi connectivity index (χ1v) is 6.54. The number of rotatable bonds is 2. The highest BCUT2D eigenvalue weighted by molar-refractivity contribution is 9.13. The van der Waals surface area contributed by atoms with Crippen LogP contribution in [0.2, 0.25) is 0 Å². The van der Waals surface area contributed by atoms with Crippen LogP contribution in [0, 0.1) is 11.8 Å². The predicted octanol–water partition coefficient (Wildman–Crippen LogP) is 4.11. The topological polar surface area (TPSA) is 17.1 Å². The second-order valence-corrected chi connectivity index (χ2v) is 5.94. The molecule has 0 aromatic carbocycles. The molecule has 1 saturated carbocycles. The van der Waals surface area contributed by atoms with Gasteiger partial charge in [-0.2, -0.15) is 0 Å². The Hall–Kier alpha value is 0.330. The van der Waals surface area contributed by atoms with Crippen LogP contribution in [-0.4, -0.2) is 5.78 Å². The van der Waals surface area contributed by atoms with Crippen molar-refractivity contribution in [3.63, 3.8) is 0 Å². The molecule has 4 heteroatoms. The molecule has 0 N–H and O–H groups in total. The molecular weight excluding hydrogens is 316 g/mol. The third-order valence-electron chi connectivity index (χ3n) is 2.36. The third kappa shape index (κ3) is 1.76. The summed E-state index contributed by atoms with van der Waals surface area (Å²) >= 11 is 8.30. The SMILES string of the molecule is CC1CC1C(=O)c1scc(Br)c1Br. The minimum absolute atomic E-state index is 0.279. The van der Waals surface area contributed by atoms with E-state index in [0.29, 0.717) is 11.7 Å². The van der Waals surface area contributed by atoms with E-state index in [0.717, 1.165) is 20.2 Å². The first-order chi connectivity index (χ1) is 6.11. The van der Waals surface area contributed by atoms with Crippen LogP contribution < -0.4 is 0 Å². The Bertz CT molecular complexity index is 358. The molecule has 70 valence electrons. The summed E-state index contributed by atoms with van der Waals surface area (Å²) in [6.07, 6.45) is 1.06. The van der Waals surface area contributed by atoms with Gasteiger partial charge in [-0.25, -0.2) is 0 Å². The summed E-state index contributed by atoms with van der Waals surface area (Å²) in [7, 11) is 0. The van der Waals surface area contributed by atoms with Gasteiger partial charge in [0.2, 0.25) is 0 Å². The fourth-order valence-corrected chi connectivity index (χ4v) is 3.52. The molecule has 2 atom stereocenters. The first kappa shape index (κ1) is 9.87. The molecule has 1 nitrogen and oxygen atoms in total. The Labute approximate surface area is 97.8 Å². The summed E-state index contributed by atoms with van der Waals surface area (Å²) in [5.74, 6) is 1.16. The normalized spacial score (nSPS) is 26.1. The van der Waals surface area contributed by atoms with Crippen molar-refractivity contribution >= 4 is 49.0 Å². The number of thiophene rings is 1. The zero-order chi connectivity index (χ0) is 9.59. The number of hydrogen-bond acceptors (Lipinski definition) is 2. The fraction of sp³-hybridized carbons (Fsp3) is 0.444. The summed E-state index contributed by atoms with van der Waals surface area (Å²) in [5.41, 5.74) is 0. The smallest absolute Gasteiger partial charge is 0.177 e. The maximum absolute atomic E-state index is 11.8. The standard InChI is InChI=1S/C9H8Br2OS/c1-4-2-5(4)8(12)9-7(11)6(10)3-13-9/h3-5H,2H2,1H3. The molecule has 1 heterocycles. The maximum atomic E-state index is 11.8. The Morgan fingerprint density at radius 1 is 1.62 bits per heavy atom. The van der Waals surface area contributed by atoms with E-state index < -0.39 is 0 Å². The van der Waals surface area contributed by atoms with Crippen LogP contribution in [0.5, 0.6) is 0 Å². The van der Waals surface area contributed by atoms with Crippen LogP contribution >= 0.6 is 43.2 Å². The number of hydrogen-bond donors (Lipinski definition) is 0. The summed E-state index contributed by atoms with van der Waals surface area (Å²) in [6, 6.07) is 0. The second-order valence-electron chi connectivity index (χ2n) is 3.41. The molecule has 1 fully saturated rings. The molecule has 0 aliphatic heterocycles. The molecule has 1 aromatic rings. The lowest BCUT2D eigenvalue weighted by molar-refractivity contribution is 0.0965. The number of carbonyl (C=O) groups excluding carboxylic acids is 1. The van der Waals surface area contributed by atoms with E-state index >= 15 is 0 Å². The molecule has 0 bridgehead atoms. The average Bonchev–Trinajstić information content (AvgIpc) is 2.73. The van der Waals surface area contributed by atoms with E-state index in [-0.39, 0.29) is 5.92 Å². The molecule has 1 aromatic heterocycles. The van der Waals surface area contributed by atoms with Gasteiger partial charge in [0.15, 0.2) is 5.78 Å². The van der Waals surface area contributed by atoms with Crippen molar-refractivity contribution in [2.45, 2.75) is 13.3 Å². The van der Waals surface area contributed by atoms with Crippen molar-refractivity contribution in [2.75, 3.05) is 0 Å². The van der Waals surface area contributed by atoms with Crippen molar-refractivity contribution in [3.8, 4) is 0 Å². The minimum atomic E-state index is 0.279. The van der Waals surface area contributed by atoms with Gasteiger partial charge in [-0.3, -0.25) is 4.79 Å². The zero-order valence-electron chi connectivity index (χ0n) is 7.01. The summed E-state index contributed by atoms with van der Waals surface area (Å²) < 4.78 is 1.90. The third-order valence-corrected chi connectivity index (χ3v) is 5.90. The molecule has 1 aliphatic rings. The van der Waals surface area contributed by atoms with Gasteiger partial charge in [0, 0.05) is 15.8 Å².